The van der Waals surface area contributed by atoms with Gasteiger partial charge >= 0.3 is 0 Å². The number of carbonyl (C=O) groups is 2. The molecule has 0 aliphatic heterocycles. The molecule has 0 heterocycles. The number of hydrogen-bond donors (Lipinski definition) is 2. The standard InChI is InChI=1S/C16H14BrFN2O3/c1-10-3-2-4-12(7-10)23-9-15(21)19-20-16(22)13-8-11(17)5-6-14(13)18/h2-8H,9H2,1H3,(H,19,21)(H,20,22). The summed E-state index contributed by atoms with van der Waals surface area (Å²) in [4.78, 5) is 23.4. The molecule has 0 saturated carbocycles. The molecular formula is C16H14BrFN2O3. The zero-order valence-electron chi connectivity index (χ0n) is 12.2. The van der Waals surface area contributed by atoms with Gasteiger partial charge in [0.2, 0.25) is 0 Å². The van der Waals surface area contributed by atoms with Gasteiger partial charge in [0.15, 0.2) is 6.61 Å². The predicted octanol–water partition coefficient (Wildman–Crippen LogP) is 2.74. The summed E-state index contributed by atoms with van der Waals surface area (Å²) >= 11 is 3.15. The van der Waals surface area contributed by atoms with Crippen LogP contribution in [0.2, 0.25) is 0 Å². The van der Waals surface area contributed by atoms with Gasteiger partial charge in [-0.15, -0.1) is 0 Å². The van der Waals surface area contributed by atoms with Crippen molar-refractivity contribution in [2.24, 2.45) is 0 Å². The highest BCUT2D eigenvalue weighted by Gasteiger charge is 2.13. The zero-order chi connectivity index (χ0) is 16.8. The summed E-state index contributed by atoms with van der Waals surface area (Å²) in [5, 5.41) is 0. The highest BCUT2D eigenvalue weighted by molar-refractivity contribution is 9.10. The molecule has 2 rings (SSSR count). The fraction of sp³-hybridized carbons (Fsp3) is 0.125. The Morgan fingerprint density at radius 2 is 1.96 bits per heavy atom. The van der Waals surface area contributed by atoms with Gasteiger partial charge in [-0.25, -0.2) is 4.39 Å². The van der Waals surface area contributed by atoms with E-state index in [1.807, 2.05) is 13.0 Å². The van der Waals surface area contributed by atoms with Crippen molar-refractivity contribution in [1.82, 2.24) is 10.9 Å². The van der Waals surface area contributed by atoms with Gasteiger partial charge in [0.05, 0.1) is 5.56 Å². The fourth-order valence-electron chi connectivity index (χ4n) is 1.76. The molecule has 2 aromatic rings. The minimum absolute atomic E-state index is 0.181. The van der Waals surface area contributed by atoms with Crippen LogP contribution < -0.4 is 15.6 Å². The molecule has 0 radical (unpaired) electrons. The summed E-state index contributed by atoms with van der Waals surface area (Å²) in [5.74, 6) is -1.46. The third kappa shape index (κ3) is 5.07. The Hall–Kier alpha value is -2.41. The molecule has 0 saturated heterocycles. The van der Waals surface area contributed by atoms with Crippen LogP contribution in [-0.2, 0) is 4.79 Å². The lowest BCUT2D eigenvalue weighted by Crippen LogP contribution is -2.44. The van der Waals surface area contributed by atoms with Gasteiger partial charge in [-0.05, 0) is 42.8 Å². The zero-order valence-corrected chi connectivity index (χ0v) is 13.8. The number of hydrogen-bond acceptors (Lipinski definition) is 3. The second kappa shape index (κ2) is 7.73. The lowest BCUT2D eigenvalue weighted by atomic mass is 10.2. The topological polar surface area (TPSA) is 67.4 Å². The van der Waals surface area contributed by atoms with Gasteiger partial charge in [-0.1, -0.05) is 28.1 Å². The Bertz CT molecular complexity index is 737. The number of hydrazine groups is 1. The molecular weight excluding hydrogens is 367 g/mol. The van der Waals surface area contributed by atoms with Crippen LogP contribution >= 0.6 is 15.9 Å². The molecule has 2 amide bonds. The quantitative estimate of drug-likeness (QED) is 0.801. The second-order valence-corrected chi connectivity index (χ2v) is 5.65. The van der Waals surface area contributed by atoms with E-state index in [4.69, 9.17) is 4.74 Å². The molecule has 23 heavy (non-hydrogen) atoms. The van der Waals surface area contributed by atoms with Crippen LogP contribution in [0, 0.1) is 12.7 Å². The highest BCUT2D eigenvalue weighted by Crippen LogP contribution is 2.15. The lowest BCUT2D eigenvalue weighted by Gasteiger charge is -2.09. The van der Waals surface area contributed by atoms with Crippen molar-refractivity contribution in [3.05, 3.63) is 63.9 Å². The number of benzene rings is 2. The minimum Gasteiger partial charge on any atom is -0.484 e. The van der Waals surface area contributed by atoms with Crippen LogP contribution in [0.4, 0.5) is 4.39 Å². The van der Waals surface area contributed by atoms with Crippen molar-refractivity contribution in [3.8, 4) is 5.75 Å². The lowest BCUT2D eigenvalue weighted by molar-refractivity contribution is -0.123. The maximum absolute atomic E-state index is 13.5. The van der Waals surface area contributed by atoms with Crippen molar-refractivity contribution < 1.29 is 18.7 Å². The average molecular weight is 381 g/mol. The number of ether oxygens (including phenoxy) is 1. The van der Waals surface area contributed by atoms with E-state index >= 15 is 0 Å². The van der Waals surface area contributed by atoms with Crippen LogP contribution in [0.15, 0.2) is 46.9 Å². The number of nitrogens with one attached hydrogen (secondary N) is 2. The molecule has 0 fully saturated rings. The van der Waals surface area contributed by atoms with Crippen LogP contribution in [0.1, 0.15) is 15.9 Å². The predicted molar refractivity (Wildman–Crippen MR) is 86.4 cm³/mol. The summed E-state index contributed by atoms with van der Waals surface area (Å²) in [5.41, 5.74) is 5.12. The van der Waals surface area contributed by atoms with Gasteiger partial charge in [0.25, 0.3) is 11.8 Å². The maximum Gasteiger partial charge on any atom is 0.276 e. The van der Waals surface area contributed by atoms with Crippen molar-refractivity contribution in [3.63, 3.8) is 0 Å². The Kier molecular flexibility index (Phi) is 5.70. The SMILES string of the molecule is Cc1cccc(OCC(=O)NNC(=O)c2cc(Br)ccc2F)c1. The van der Waals surface area contributed by atoms with Crippen LogP contribution in [0.5, 0.6) is 5.75 Å². The fourth-order valence-corrected chi connectivity index (χ4v) is 2.12. The Morgan fingerprint density at radius 1 is 1.17 bits per heavy atom. The molecule has 0 bridgehead atoms. The van der Waals surface area contributed by atoms with Gasteiger partial charge in [0.1, 0.15) is 11.6 Å². The molecule has 0 spiro atoms. The Morgan fingerprint density at radius 3 is 2.70 bits per heavy atom. The van der Waals surface area contributed by atoms with E-state index in [1.165, 1.54) is 12.1 Å². The normalized spacial score (nSPS) is 10.0. The summed E-state index contributed by atoms with van der Waals surface area (Å²) in [7, 11) is 0. The van der Waals surface area contributed by atoms with Crippen LogP contribution in [0.25, 0.3) is 0 Å². The van der Waals surface area contributed by atoms with Gasteiger partial charge in [-0.3, -0.25) is 20.4 Å². The van der Waals surface area contributed by atoms with Crippen molar-refractivity contribution >= 4 is 27.7 Å². The van der Waals surface area contributed by atoms with Crippen molar-refractivity contribution in [2.45, 2.75) is 6.92 Å². The van der Waals surface area contributed by atoms with E-state index in [0.29, 0.717) is 10.2 Å². The first kappa shape index (κ1) is 17.0. The summed E-state index contributed by atoms with van der Waals surface area (Å²) in [6, 6.07) is 11.2. The summed E-state index contributed by atoms with van der Waals surface area (Å²) in [6.45, 7) is 1.63. The molecule has 0 atom stereocenters. The molecule has 0 aliphatic rings. The van der Waals surface area contributed by atoms with E-state index in [1.54, 1.807) is 18.2 Å². The van der Waals surface area contributed by atoms with E-state index in [-0.39, 0.29) is 12.2 Å². The highest BCUT2D eigenvalue weighted by atomic mass is 79.9. The minimum atomic E-state index is -0.757. The third-order valence-electron chi connectivity index (χ3n) is 2.85. The number of carbonyl (C=O) groups excluding carboxylic acids is 2. The molecule has 0 unspecified atom stereocenters. The largest absolute Gasteiger partial charge is 0.484 e. The smallest absolute Gasteiger partial charge is 0.276 e. The molecule has 5 nitrogen and oxygen atoms in total. The number of aryl methyl sites for hydroxylation is 1. The first-order valence-electron chi connectivity index (χ1n) is 6.69. The van der Waals surface area contributed by atoms with E-state index in [2.05, 4.69) is 26.8 Å². The third-order valence-corrected chi connectivity index (χ3v) is 3.34. The Balaban J connectivity index is 1.84. The first-order valence-corrected chi connectivity index (χ1v) is 7.48. The van der Waals surface area contributed by atoms with Gasteiger partial charge in [-0.2, -0.15) is 0 Å². The number of rotatable bonds is 4. The van der Waals surface area contributed by atoms with Crippen molar-refractivity contribution in [2.75, 3.05) is 6.61 Å². The molecule has 0 aromatic heterocycles. The summed E-state index contributed by atoms with van der Waals surface area (Å²) in [6.07, 6.45) is 0. The summed E-state index contributed by atoms with van der Waals surface area (Å²) < 4.78 is 19.4. The second-order valence-electron chi connectivity index (χ2n) is 4.73. The number of amides is 2. The average Bonchev–Trinajstić information content (AvgIpc) is 2.53. The molecule has 2 N–H and O–H groups in total. The van der Waals surface area contributed by atoms with Gasteiger partial charge in [0, 0.05) is 4.47 Å². The van der Waals surface area contributed by atoms with Gasteiger partial charge < -0.3 is 4.74 Å². The van der Waals surface area contributed by atoms with E-state index in [9.17, 15) is 14.0 Å². The maximum atomic E-state index is 13.5. The number of halogens is 2. The van der Waals surface area contributed by atoms with Crippen LogP contribution in [-0.4, -0.2) is 18.4 Å². The van der Waals surface area contributed by atoms with E-state index < -0.39 is 17.6 Å². The Labute approximate surface area is 140 Å². The van der Waals surface area contributed by atoms with E-state index in [0.717, 1.165) is 11.6 Å². The molecule has 7 heteroatoms. The van der Waals surface area contributed by atoms with Crippen molar-refractivity contribution in [1.29, 1.82) is 0 Å². The molecule has 2 aromatic carbocycles. The molecule has 120 valence electrons. The molecule has 0 aliphatic carbocycles. The monoisotopic (exact) mass is 380 g/mol. The first-order chi connectivity index (χ1) is 11.0. The van der Waals surface area contributed by atoms with Crippen LogP contribution in [0.3, 0.4) is 0 Å².